The second kappa shape index (κ2) is 8.73. The molecule has 2 heterocycles. The average molecular weight is 387 g/mol. The van der Waals surface area contributed by atoms with Crippen molar-refractivity contribution < 1.29 is 23.5 Å². The van der Waals surface area contributed by atoms with E-state index in [2.05, 4.69) is 5.32 Å². The van der Waals surface area contributed by atoms with Crippen molar-refractivity contribution in [3.63, 3.8) is 0 Å². The Labute approximate surface area is 161 Å². The van der Waals surface area contributed by atoms with Crippen LogP contribution in [0.4, 0.5) is 0 Å². The lowest BCUT2D eigenvalue weighted by Crippen LogP contribution is -2.30. The number of amides is 1. The fourth-order valence-corrected chi connectivity index (χ4v) is 3.39. The van der Waals surface area contributed by atoms with E-state index in [1.54, 1.807) is 30.4 Å². The SMILES string of the molecule is CCOc1ccc2oc(C(=O)OCC(=O)NCCc3cccs3)c(C)c2c1. The number of fused-ring (bicyclic) bond motifs is 1. The molecular formula is C20H21NO5S. The number of hydrogen-bond donors (Lipinski definition) is 1. The summed E-state index contributed by atoms with van der Waals surface area (Å²) in [6.45, 7) is 4.39. The number of thiophene rings is 1. The van der Waals surface area contributed by atoms with Gasteiger partial charge in [-0.2, -0.15) is 0 Å². The van der Waals surface area contributed by atoms with Crippen LogP contribution in [0.25, 0.3) is 11.0 Å². The van der Waals surface area contributed by atoms with Gasteiger partial charge >= 0.3 is 5.97 Å². The highest BCUT2D eigenvalue weighted by molar-refractivity contribution is 7.09. The van der Waals surface area contributed by atoms with Gasteiger partial charge in [0.15, 0.2) is 6.61 Å². The van der Waals surface area contributed by atoms with E-state index < -0.39 is 5.97 Å². The molecule has 0 saturated heterocycles. The number of esters is 1. The molecule has 0 fully saturated rings. The van der Waals surface area contributed by atoms with Crippen LogP contribution in [0, 0.1) is 6.92 Å². The molecule has 3 aromatic rings. The third-order valence-electron chi connectivity index (χ3n) is 4.01. The summed E-state index contributed by atoms with van der Waals surface area (Å²) >= 11 is 1.64. The van der Waals surface area contributed by atoms with Crippen LogP contribution in [0.3, 0.4) is 0 Å². The van der Waals surface area contributed by atoms with Gasteiger partial charge in [0.25, 0.3) is 5.91 Å². The predicted octanol–water partition coefficient (Wildman–Crippen LogP) is 3.72. The van der Waals surface area contributed by atoms with Gasteiger partial charge in [0, 0.05) is 22.4 Å². The number of ether oxygens (including phenoxy) is 2. The summed E-state index contributed by atoms with van der Waals surface area (Å²) in [7, 11) is 0. The minimum Gasteiger partial charge on any atom is -0.494 e. The highest BCUT2D eigenvalue weighted by atomic mass is 32.1. The molecule has 142 valence electrons. The Kier molecular flexibility index (Phi) is 6.13. The van der Waals surface area contributed by atoms with Crippen molar-refractivity contribution in [3.05, 3.63) is 51.9 Å². The first-order valence-corrected chi connectivity index (χ1v) is 9.58. The zero-order valence-electron chi connectivity index (χ0n) is 15.2. The molecule has 0 aliphatic carbocycles. The molecule has 3 rings (SSSR count). The normalized spacial score (nSPS) is 10.7. The third kappa shape index (κ3) is 4.68. The summed E-state index contributed by atoms with van der Waals surface area (Å²) in [6, 6.07) is 9.34. The number of nitrogens with one attached hydrogen (secondary N) is 1. The van der Waals surface area contributed by atoms with Crippen LogP contribution in [0.2, 0.25) is 0 Å². The fraction of sp³-hybridized carbons (Fsp3) is 0.300. The van der Waals surface area contributed by atoms with Gasteiger partial charge in [-0.25, -0.2) is 4.79 Å². The van der Waals surface area contributed by atoms with Crippen LogP contribution < -0.4 is 10.1 Å². The molecule has 1 N–H and O–H groups in total. The van der Waals surface area contributed by atoms with Gasteiger partial charge in [0.1, 0.15) is 11.3 Å². The topological polar surface area (TPSA) is 77.8 Å². The van der Waals surface area contributed by atoms with E-state index in [9.17, 15) is 9.59 Å². The van der Waals surface area contributed by atoms with Crippen molar-refractivity contribution in [1.29, 1.82) is 0 Å². The molecule has 6 nitrogen and oxygen atoms in total. The van der Waals surface area contributed by atoms with Gasteiger partial charge in [-0.1, -0.05) is 6.07 Å². The van der Waals surface area contributed by atoms with Crippen molar-refractivity contribution in [3.8, 4) is 5.75 Å². The Bertz CT molecular complexity index is 929. The summed E-state index contributed by atoms with van der Waals surface area (Å²) in [5, 5.41) is 5.51. The van der Waals surface area contributed by atoms with Crippen molar-refractivity contribution in [2.75, 3.05) is 19.8 Å². The zero-order valence-corrected chi connectivity index (χ0v) is 16.1. The maximum atomic E-state index is 12.3. The molecule has 0 unspecified atom stereocenters. The quantitative estimate of drug-likeness (QED) is 0.596. The van der Waals surface area contributed by atoms with Gasteiger partial charge in [-0.15, -0.1) is 11.3 Å². The molecule has 0 aliphatic heterocycles. The summed E-state index contributed by atoms with van der Waals surface area (Å²) in [4.78, 5) is 25.3. The summed E-state index contributed by atoms with van der Waals surface area (Å²) in [6.07, 6.45) is 0.752. The van der Waals surface area contributed by atoms with Gasteiger partial charge < -0.3 is 19.2 Å². The Hall–Kier alpha value is -2.80. The maximum Gasteiger partial charge on any atom is 0.375 e. The average Bonchev–Trinajstić information content (AvgIpc) is 3.28. The number of benzene rings is 1. The van der Waals surface area contributed by atoms with E-state index in [4.69, 9.17) is 13.9 Å². The van der Waals surface area contributed by atoms with Crippen molar-refractivity contribution in [2.24, 2.45) is 0 Å². The lowest BCUT2D eigenvalue weighted by molar-refractivity contribution is -0.124. The summed E-state index contributed by atoms with van der Waals surface area (Å²) in [5.41, 5.74) is 1.23. The van der Waals surface area contributed by atoms with Crippen LogP contribution in [-0.4, -0.2) is 31.6 Å². The molecule has 0 aliphatic rings. The van der Waals surface area contributed by atoms with Crippen LogP contribution in [-0.2, 0) is 16.0 Å². The lowest BCUT2D eigenvalue weighted by atomic mass is 10.1. The standard InChI is InChI=1S/C20H21NO5S/c1-3-24-14-6-7-17-16(11-14)13(2)19(26-17)20(23)25-12-18(22)21-9-8-15-5-4-10-27-15/h4-7,10-11H,3,8-9,12H2,1-2H3,(H,21,22). The third-order valence-corrected chi connectivity index (χ3v) is 4.95. The van der Waals surface area contributed by atoms with Gasteiger partial charge in [-0.3, -0.25) is 4.79 Å². The highest BCUT2D eigenvalue weighted by Crippen LogP contribution is 2.29. The second-order valence-corrected chi connectivity index (χ2v) is 6.93. The number of carbonyl (C=O) groups is 2. The van der Waals surface area contributed by atoms with Gasteiger partial charge in [-0.05, 0) is 49.9 Å². The van der Waals surface area contributed by atoms with Gasteiger partial charge in [0.2, 0.25) is 5.76 Å². The largest absolute Gasteiger partial charge is 0.494 e. The maximum absolute atomic E-state index is 12.3. The first kappa shape index (κ1) is 19.0. The number of rotatable bonds is 8. The van der Waals surface area contributed by atoms with E-state index in [-0.39, 0.29) is 18.3 Å². The van der Waals surface area contributed by atoms with Crippen molar-refractivity contribution >= 4 is 34.2 Å². The number of hydrogen-bond acceptors (Lipinski definition) is 6. The van der Waals surface area contributed by atoms with Crippen LogP contribution >= 0.6 is 11.3 Å². The number of carbonyl (C=O) groups excluding carboxylic acids is 2. The first-order valence-electron chi connectivity index (χ1n) is 8.70. The highest BCUT2D eigenvalue weighted by Gasteiger charge is 2.20. The van der Waals surface area contributed by atoms with Crippen LogP contribution in [0.15, 0.2) is 40.1 Å². The molecule has 1 aromatic carbocycles. The van der Waals surface area contributed by atoms with Crippen molar-refractivity contribution in [2.45, 2.75) is 20.3 Å². The molecule has 0 atom stereocenters. The van der Waals surface area contributed by atoms with E-state index in [1.165, 1.54) is 4.88 Å². The van der Waals surface area contributed by atoms with Crippen molar-refractivity contribution in [1.82, 2.24) is 5.32 Å². The Morgan fingerprint density at radius 1 is 1.26 bits per heavy atom. The van der Waals surface area contributed by atoms with E-state index >= 15 is 0 Å². The summed E-state index contributed by atoms with van der Waals surface area (Å²) in [5.74, 6) is -0.189. The van der Waals surface area contributed by atoms with E-state index in [1.807, 2.05) is 30.5 Å². The number of furan rings is 1. The molecule has 7 heteroatoms. The molecule has 1 amide bonds. The molecule has 0 saturated carbocycles. The minimum atomic E-state index is -0.657. The van der Waals surface area contributed by atoms with Crippen LogP contribution in [0.5, 0.6) is 5.75 Å². The van der Waals surface area contributed by atoms with Gasteiger partial charge in [0.05, 0.1) is 6.61 Å². The van der Waals surface area contributed by atoms with Crippen LogP contribution in [0.1, 0.15) is 27.9 Å². The smallest absolute Gasteiger partial charge is 0.375 e. The molecule has 2 aromatic heterocycles. The monoisotopic (exact) mass is 387 g/mol. The Balaban J connectivity index is 1.55. The predicted molar refractivity (Wildman–Crippen MR) is 103 cm³/mol. The van der Waals surface area contributed by atoms with E-state index in [0.29, 0.717) is 30.0 Å². The molecule has 27 heavy (non-hydrogen) atoms. The molecule has 0 bridgehead atoms. The fourth-order valence-electron chi connectivity index (χ4n) is 2.68. The van der Waals surface area contributed by atoms with E-state index in [0.717, 1.165) is 11.8 Å². The molecule has 0 spiro atoms. The molecule has 0 radical (unpaired) electrons. The summed E-state index contributed by atoms with van der Waals surface area (Å²) < 4.78 is 16.2. The zero-order chi connectivity index (χ0) is 19.2. The Morgan fingerprint density at radius 3 is 2.85 bits per heavy atom. The minimum absolute atomic E-state index is 0.102. The lowest BCUT2D eigenvalue weighted by Gasteiger charge is -2.05. The first-order chi connectivity index (χ1) is 13.1. The number of aryl methyl sites for hydroxylation is 1. The molecular weight excluding hydrogens is 366 g/mol. The second-order valence-electron chi connectivity index (χ2n) is 5.90. The Morgan fingerprint density at radius 2 is 2.11 bits per heavy atom.